The van der Waals surface area contributed by atoms with Crippen LogP contribution in [0.1, 0.15) is 16.1 Å². The number of thiophene rings is 1. The zero-order valence-electron chi connectivity index (χ0n) is 11.8. The maximum atomic E-state index is 12.1. The van der Waals surface area contributed by atoms with E-state index in [4.69, 9.17) is 17.3 Å². The van der Waals surface area contributed by atoms with E-state index in [1.807, 2.05) is 6.07 Å². The topological polar surface area (TPSA) is 75.4 Å². The summed E-state index contributed by atoms with van der Waals surface area (Å²) in [5.74, 6) is -0.303. The van der Waals surface area contributed by atoms with Crippen molar-refractivity contribution in [1.29, 1.82) is 0 Å². The number of carbonyl (C=O) groups excluding carboxylic acids is 2. The number of nitrogens with two attached hydrogens (primary N) is 1. The second kappa shape index (κ2) is 6.32. The minimum absolute atomic E-state index is 0.0357. The second-order valence-electron chi connectivity index (χ2n) is 4.78. The Morgan fingerprint density at radius 2 is 2.10 bits per heavy atom. The number of amides is 2. The van der Waals surface area contributed by atoms with E-state index < -0.39 is 0 Å². The fourth-order valence-corrected chi connectivity index (χ4v) is 3.04. The zero-order valence-corrected chi connectivity index (χ0v) is 13.3. The number of hydrogen-bond acceptors (Lipinski definition) is 4. The molecule has 0 aliphatic carbocycles. The van der Waals surface area contributed by atoms with Crippen LogP contribution in [0.25, 0.3) is 10.1 Å². The first-order chi connectivity index (χ1) is 9.90. The number of fused-ring (bicyclic) bond motifs is 1. The van der Waals surface area contributed by atoms with Crippen LogP contribution in [0.5, 0.6) is 0 Å². The Labute approximate surface area is 131 Å². The van der Waals surface area contributed by atoms with Gasteiger partial charge < -0.3 is 16.0 Å². The lowest BCUT2D eigenvalue weighted by Crippen LogP contribution is -2.30. The average molecular weight is 326 g/mol. The van der Waals surface area contributed by atoms with Gasteiger partial charge in [-0.1, -0.05) is 11.6 Å². The van der Waals surface area contributed by atoms with Gasteiger partial charge in [-0.2, -0.15) is 0 Å². The lowest BCUT2D eigenvalue weighted by atomic mass is 10.2. The van der Waals surface area contributed by atoms with Gasteiger partial charge in [0.25, 0.3) is 5.91 Å². The summed E-state index contributed by atoms with van der Waals surface area (Å²) >= 11 is 7.25. The molecule has 0 atom stereocenters. The van der Waals surface area contributed by atoms with E-state index in [1.54, 1.807) is 26.2 Å². The van der Waals surface area contributed by atoms with Crippen molar-refractivity contribution < 1.29 is 9.59 Å². The molecule has 0 unspecified atom stereocenters. The summed E-state index contributed by atoms with van der Waals surface area (Å²) in [6, 6.07) is 5.34. The number of hydrogen-bond donors (Lipinski definition) is 2. The van der Waals surface area contributed by atoms with Gasteiger partial charge in [-0.05, 0) is 18.2 Å². The number of nitrogens with one attached hydrogen (secondary N) is 1. The van der Waals surface area contributed by atoms with Crippen molar-refractivity contribution in [2.45, 2.75) is 6.42 Å². The van der Waals surface area contributed by atoms with Crippen LogP contribution in [0.4, 0.5) is 5.69 Å². The molecule has 1 aromatic heterocycles. The molecule has 0 spiro atoms. The minimum Gasteiger partial charge on any atom is -0.397 e. The van der Waals surface area contributed by atoms with Gasteiger partial charge in [-0.25, -0.2) is 0 Å². The number of halogens is 1. The molecule has 0 aliphatic rings. The van der Waals surface area contributed by atoms with E-state index in [-0.39, 0.29) is 24.8 Å². The molecule has 0 radical (unpaired) electrons. The van der Waals surface area contributed by atoms with E-state index in [9.17, 15) is 9.59 Å². The molecule has 5 nitrogen and oxygen atoms in total. The van der Waals surface area contributed by atoms with Crippen molar-refractivity contribution in [3.63, 3.8) is 0 Å². The molecule has 2 amide bonds. The van der Waals surface area contributed by atoms with Crippen molar-refractivity contribution in [3.8, 4) is 0 Å². The fourth-order valence-electron chi connectivity index (χ4n) is 1.84. The molecule has 1 heterocycles. The van der Waals surface area contributed by atoms with E-state index in [1.165, 1.54) is 16.2 Å². The maximum Gasteiger partial charge on any atom is 0.263 e. The van der Waals surface area contributed by atoms with Gasteiger partial charge in [0.15, 0.2) is 0 Å². The third-order valence-electron chi connectivity index (χ3n) is 3.02. The Hall–Kier alpha value is -1.79. The summed E-state index contributed by atoms with van der Waals surface area (Å²) in [7, 11) is 3.36. The van der Waals surface area contributed by atoms with Gasteiger partial charge >= 0.3 is 0 Å². The van der Waals surface area contributed by atoms with Crippen molar-refractivity contribution >= 4 is 50.5 Å². The third-order valence-corrected chi connectivity index (χ3v) is 4.44. The van der Waals surface area contributed by atoms with Crippen LogP contribution < -0.4 is 11.1 Å². The van der Waals surface area contributed by atoms with E-state index >= 15 is 0 Å². The first-order valence-corrected chi connectivity index (χ1v) is 7.55. The van der Waals surface area contributed by atoms with Gasteiger partial charge in [0.1, 0.15) is 4.88 Å². The number of carbonyl (C=O) groups is 2. The van der Waals surface area contributed by atoms with Crippen molar-refractivity contribution in [2.75, 3.05) is 26.4 Å². The highest BCUT2D eigenvalue weighted by molar-refractivity contribution is 7.21. The monoisotopic (exact) mass is 325 g/mol. The molecule has 0 aliphatic heterocycles. The van der Waals surface area contributed by atoms with Crippen LogP contribution in [0, 0.1) is 0 Å². The Bertz CT molecular complexity index is 697. The molecule has 3 N–H and O–H groups in total. The summed E-state index contributed by atoms with van der Waals surface area (Å²) in [6.07, 6.45) is 0.259. The Morgan fingerprint density at radius 3 is 2.76 bits per heavy atom. The normalized spacial score (nSPS) is 10.6. The molecule has 2 aromatic rings. The fraction of sp³-hybridized carbons (Fsp3) is 0.286. The van der Waals surface area contributed by atoms with Crippen LogP contribution in [0.2, 0.25) is 5.02 Å². The zero-order chi connectivity index (χ0) is 15.6. The third kappa shape index (κ3) is 3.46. The van der Waals surface area contributed by atoms with E-state index in [0.29, 0.717) is 15.6 Å². The lowest BCUT2D eigenvalue weighted by Gasteiger charge is -2.10. The van der Waals surface area contributed by atoms with E-state index in [0.717, 1.165) is 10.1 Å². The molecule has 0 saturated heterocycles. The predicted octanol–water partition coefficient (Wildman–Crippen LogP) is 2.34. The SMILES string of the molecule is CN(C)C(=O)CCNC(=O)c1sc2ccc(Cl)cc2c1N. The lowest BCUT2D eigenvalue weighted by molar-refractivity contribution is -0.128. The van der Waals surface area contributed by atoms with Gasteiger partial charge in [0, 0.05) is 42.2 Å². The molecule has 112 valence electrons. The molecule has 0 bridgehead atoms. The number of nitrogens with zero attached hydrogens (tertiary/aromatic N) is 1. The molecule has 21 heavy (non-hydrogen) atoms. The Morgan fingerprint density at radius 1 is 1.38 bits per heavy atom. The van der Waals surface area contributed by atoms with Gasteiger partial charge in [-0.15, -0.1) is 11.3 Å². The van der Waals surface area contributed by atoms with Crippen LogP contribution in [-0.4, -0.2) is 37.4 Å². The minimum atomic E-state index is -0.267. The quantitative estimate of drug-likeness (QED) is 0.906. The highest BCUT2D eigenvalue weighted by Gasteiger charge is 2.16. The highest BCUT2D eigenvalue weighted by Crippen LogP contribution is 2.35. The van der Waals surface area contributed by atoms with Crippen molar-refractivity contribution in [3.05, 3.63) is 28.1 Å². The van der Waals surface area contributed by atoms with Crippen molar-refractivity contribution in [1.82, 2.24) is 10.2 Å². The molecule has 0 fully saturated rings. The van der Waals surface area contributed by atoms with Gasteiger partial charge in [0.2, 0.25) is 5.91 Å². The van der Waals surface area contributed by atoms with Gasteiger partial charge in [0.05, 0.1) is 5.69 Å². The number of rotatable bonds is 4. The van der Waals surface area contributed by atoms with Crippen molar-refractivity contribution in [2.24, 2.45) is 0 Å². The molecular formula is C14H16ClN3O2S. The van der Waals surface area contributed by atoms with Crippen LogP contribution >= 0.6 is 22.9 Å². The highest BCUT2D eigenvalue weighted by atomic mass is 35.5. The first kappa shape index (κ1) is 15.6. The summed E-state index contributed by atoms with van der Waals surface area (Å²) in [4.78, 5) is 25.5. The smallest absolute Gasteiger partial charge is 0.263 e. The summed E-state index contributed by atoms with van der Waals surface area (Å²) in [5, 5.41) is 4.07. The molecular weight excluding hydrogens is 310 g/mol. The Balaban J connectivity index is 2.09. The van der Waals surface area contributed by atoms with Crippen LogP contribution in [0.15, 0.2) is 18.2 Å². The average Bonchev–Trinajstić information content (AvgIpc) is 2.75. The molecule has 7 heteroatoms. The Kier molecular flexibility index (Phi) is 4.69. The number of anilines is 1. The van der Waals surface area contributed by atoms with Crippen LogP contribution in [-0.2, 0) is 4.79 Å². The van der Waals surface area contributed by atoms with E-state index in [2.05, 4.69) is 5.32 Å². The predicted molar refractivity (Wildman–Crippen MR) is 86.9 cm³/mol. The van der Waals surface area contributed by atoms with Crippen LogP contribution in [0.3, 0.4) is 0 Å². The summed E-state index contributed by atoms with van der Waals surface area (Å²) in [5.41, 5.74) is 6.43. The largest absolute Gasteiger partial charge is 0.397 e. The molecule has 0 saturated carbocycles. The summed E-state index contributed by atoms with van der Waals surface area (Å²) in [6.45, 7) is 0.282. The second-order valence-corrected chi connectivity index (χ2v) is 6.27. The molecule has 1 aromatic carbocycles. The standard InChI is InChI=1S/C14H16ClN3O2S/c1-18(2)11(19)5-6-17-14(20)13-12(16)9-7-8(15)3-4-10(9)21-13/h3-4,7H,5-6,16H2,1-2H3,(H,17,20). The molecule has 2 rings (SSSR count). The van der Waals surface area contributed by atoms with Gasteiger partial charge in [-0.3, -0.25) is 9.59 Å². The first-order valence-electron chi connectivity index (χ1n) is 6.36. The number of nitrogen functional groups attached to an aromatic ring is 1. The number of benzene rings is 1. The summed E-state index contributed by atoms with van der Waals surface area (Å²) < 4.78 is 0.909. The maximum absolute atomic E-state index is 12.1.